The van der Waals surface area contributed by atoms with Crippen molar-refractivity contribution in [1.82, 2.24) is 15.1 Å². The van der Waals surface area contributed by atoms with Gasteiger partial charge in [-0.3, -0.25) is 14.4 Å². The number of hydrogen-bond acceptors (Lipinski definition) is 6. The molecule has 0 bridgehead atoms. The number of thiophene rings is 1. The zero-order chi connectivity index (χ0) is 22.8. The first-order chi connectivity index (χ1) is 15.4. The lowest BCUT2D eigenvalue weighted by molar-refractivity contribution is -0.147. The Bertz CT molecular complexity index is 1040. The summed E-state index contributed by atoms with van der Waals surface area (Å²) in [5.41, 5.74) is 3.03. The standard InChI is InChI=1S/C23H26ClN3O4S/c1-3-31-23(30)17-12-27(13-18(17)25-21(28)19-6-7-20(24)32-19)22(29)15-4-5-16-11-26(2)9-8-14(16)10-15/h4-7,10,17-18H,3,8-9,11-13H2,1-2H3,(H,25,28)/t17-,18-/m1/s1. The van der Waals surface area contributed by atoms with Crippen molar-refractivity contribution < 1.29 is 19.1 Å². The summed E-state index contributed by atoms with van der Waals surface area (Å²) < 4.78 is 5.73. The third kappa shape index (κ3) is 4.82. The van der Waals surface area contributed by atoms with Crippen molar-refractivity contribution in [3.05, 3.63) is 56.2 Å². The molecule has 9 heteroatoms. The molecule has 1 N–H and O–H groups in total. The smallest absolute Gasteiger partial charge is 0.312 e. The number of hydrogen-bond donors (Lipinski definition) is 1. The maximum Gasteiger partial charge on any atom is 0.312 e. The van der Waals surface area contributed by atoms with Crippen LogP contribution in [-0.2, 0) is 22.5 Å². The number of esters is 1. The fourth-order valence-electron chi connectivity index (χ4n) is 4.29. The lowest BCUT2D eigenvalue weighted by Gasteiger charge is -2.25. The second kappa shape index (κ2) is 9.60. The summed E-state index contributed by atoms with van der Waals surface area (Å²) in [7, 11) is 2.08. The third-order valence-corrected chi connectivity index (χ3v) is 7.20. The minimum Gasteiger partial charge on any atom is -0.466 e. The summed E-state index contributed by atoms with van der Waals surface area (Å²) in [4.78, 5) is 42.8. The number of likely N-dealkylation sites (N-methyl/N-ethyl adjacent to an activating group) is 1. The number of amides is 2. The van der Waals surface area contributed by atoms with Gasteiger partial charge in [0.05, 0.1) is 27.8 Å². The highest BCUT2D eigenvalue weighted by Crippen LogP contribution is 2.26. The fourth-order valence-corrected chi connectivity index (χ4v) is 5.24. The van der Waals surface area contributed by atoms with E-state index in [1.807, 2.05) is 18.2 Å². The molecule has 4 rings (SSSR count). The molecule has 2 aromatic rings. The van der Waals surface area contributed by atoms with Gasteiger partial charge < -0.3 is 19.9 Å². The van der Waals surface area contributed by atoms with Gasteiger partial charge in [0.15, 0.2) is 0 Å². The second-order valence-corrected chi connectivity index (χ2v) is 9.94. The lowest BCUT2D eigenvalue weighted by atomic mass is 9.97. The molecular formula is C23H26ClN3O4S. The molecule has 32 heavy (non-hydrogen) atoms. The Hall–Kier alpha value is -2.42. The third-order valence-electron chi connectivity index (χ3n) is 5.97. The highest BCUT2D eigenvalue weighted by atomic mass is 35.5. The van der Waals surface area contributed by atoms with Gasteiger partial charge in [-0.15, -0.1) is 11.3 Å². The van der Waals surface area contributed by atoms with Gasteiger partial charge >= 0.3 is 5.97 Å². The van der Waals surface area contributed by atoms with E-state index in [2.05, 4.69) is 17.3 Å². The lowest BCUT2D eigenvalue weighted by Crippen LogP contribution is -2.43. The number of likely N-dealkylation sites (tertiary alicyclic amines) is 1. The van der Waals surface area contributed by atoms with Crippen LogP contribution in [0.15, 0.2) is 30.3 Å². The van der Waals surface area contributed by atoms with Gasteiger partial charge in [0, 0.05) is 31.7 Å². The average Bonchev–Trinajstić information content (AvgIpc) is 3.39. The molecular weight excluding hydrogens is 450 g/mol. The number of nitrogens with zero attached hydrogens (tertiary/aromatic N) is 2. The van der Waals surface area contributed by atoms with Crippen LogP contribution in [0.25, 0.3) is 0 Å². The van der Waals surface area contributed by atoms with Gasteiger partial charge in [0.1, 0.15) is 0 Å². The minimum absolute atomic E-state index is 0.142. The van der Waals surface area contributed by atoms with Crippen LogP contribution in [0.4, 0.5) is 0 Å². The molecule has 0 unspecified atom stereocenters. The van der Waals surface area contributed by atoms with Crippen LogP contribution in [0.3, 0.4) is 0 Å². The molecule has 2 atom stereocenters. The SMILES string of the molecule is CCOC(=O)[C@@H]1CN(C(=O)c2ccc3c(c2)CCN(C)C3)C[C@H]1NC(=O)c1ccc(Cl)s1. The van der Waals surface area contributed by atoms with Crippen molar-refractivity contribution >= 4 is 40.7 Å². The topological polar surface area (TPSA) is 79.0 Å². The van der Waals surface area contributed by atoms with E-state index in [1.54, 1.807) is 24.0 Å². The monoisotopic (exact) mass is 475 g/mol. The molecule has 7 nitrogen and oxygen atoms in total. The second-order valence-electron chi connectivity index (χ2n) is 8.22. The highest BCUT2D eigenvalue weighted by Gasteiger charge is 2.42. The van der Waals surface area contributed by atoms with E-state index >= 15 is 0 Å². The van der Waals surface area contributed by atoms with Crippen LogP contribution in [0.2, 0.25) is 4.34 Å². The van der Waals surface area contributed by atoms with E-state index in [-0.39, 0.29) is 31.5 Å². The zero-order valence-electron chi connectivity index (χ0n) is 18.1. The van der Waals surface area contributed by atoms with Crippen molar-refractivity contribution in [3.63, 3.8) is 0 Å². The van der Waals surface area contributed by atoms with Crippen molar-refractivity contribution in [3.8, 4) is 0 Å². The summed E-state index contributed by atoms with van der Waals surface area (Å²) in [6.45, 7) is 4.26. The molecule has 1 aromatic carbocycles. The van der Waals surface area contributed by atoms with Crippen LogP contribution in [0.5, 0.6) is 0 Å². The number of fused-ring (bicyclic) bond motifs is 1. The summed E-state index contributed by atoms with van der Waals surface area (Å²) in [6, 6.07) is 8.59. The Kier molecular flexibility index (Phi) is 6.83. The number of carbonyl (C=O) groups excluding carboxylic acids is 3. The number of ether oxygens (including phenoxy) is 1. The summed E-state index contributed by atoms with van der Waals surface area (Å²) >= 11 is 7.11. The van der Waals surface area contributed by atoms with Gasteiger partial charge in [-0.25, -0.2) is 0 Å². The van der Waals surface area contributed by atoms with E-state index in [1.165, 1.54) is 22.5 Å². The maximum atomic E-state index is 13.3. The number of nitrogens with one attached hydrogen (secondary N) is 1. The zero-order valence-corrected chi connectivity index (χ0v) is 19.7. The van der Waals surface area contributed by atoms with Crippen LogP contribution in [-0.4, -0.2) is 66.9 Å². The molecule has 1 saturated heterocycles. The summed E-state index contributed by atoms with van der Waals surface area (Å²) in [6.07, 6.45) is 0.903. The number of benzene rings is 1. The molecule has 3 heterocycles. The predicted octanol–water partition coefficient (Wildman–Crippen LogP) is 2.82. The Balaban J connectivity index is 1.51. The van der Waals surface area contributed by atoms with Crippen molar-refractivity contribution in [2.24, 2.45) is 5.92 Å². The van der Waals surface area contributed by atoms with Crippen LogP contribution in [0.1, 0.15) is 38.1 Å². The van der Waals surface area contributed by atoms with Crippen molar-refractivity contribution in [2.45, 2.75) is 25.9 Å². The Morgan fingerprint density at radius 1 is 1.19 bits per heavy atom. The van der Waals surface area contributed by atoms with Crippen molar-refractivity contribution in [1.29, 1.82) is 0 Å². The quantitative estimate of drug-likeness (QED) is 0.673. The predicted molar refractivity (Wildman–Crippen MR) is 123 cm³/mol. The molecule has 170 valence electrons. The van der Waals surface area contributed by atoms with Crippen LogP contribution < -0.4 is 5.32 Å². The van der Waals surface area contributed by atoms with Crippen molar-refractivity contribution in [2.75, 3.05) is 33.3 Å². The average molecular weight is 476 g/mol. The number of carbonyl (C=O) groups is 3. The molecule has 0 radical (unpaired) electrons. The number of halogens is 1. The maximum absolute atomic E-state index is 13.3. The Labute approximate surface area is 196 Å². The molecule has 2 amide bonds. The van der Waals surface area contributed by atoms with Gasteiger partial charge in [-0.05, 0) is 55.8 Å². The first-order valence-electron chi connectivity index (χ1n) is 10.7. The normalized spacial score (nSPS) is 20.7. The van der Waals surface area contributed by atoms with Gasteiger partial charge in [0.2, 0.25) is 0 Å². The van der Waals surface area contributed by atoms with Gasteiger partial charge in [0.25, 0.3) is 11.8 Å². The van der Waals surface area contributed by atoms with E-state index < -0.39 is 17.9 Å². The fraction of sp³-hybridized carbons (Fsp3) is 0.435. The van der Waals surface area contributed by atoms with E-state index in [9.17, 15) is 14.4 Å². The molecule has 0 saturated carbocycles. The first-order valence-corrected chi connectivity index (χ1v) is 11.9. The van der Waals surface area contributed by atoms with Crippen LogP contribution >= 0.6 is 22.9 Å². The number of rotatable bonds is 5. The van der Waals surface area contributed by atoms with E-state index in [4.69, 9.17) is 16.3 Å². The molecule has 0 aliphatic carbocycles. The highest BCUT2D eigenvalue weighted by molar-refractivity contribution is 7.18. The van der Waals surface area contributed by atoms with E-state index in [0.29, 0.717) is 14.8 Å². The Morgan fingerprint density at radius 2 is 2.00 bits per heavy atom. The molecule has 1 aromatic heterocycles. The summed E-state index contributed by atoms with van der Waals surface area (Å²) in [5, 5.41) is 2.90. The van der Waals surface area contributed by atoms with Gasteiger partial charge in [-0.2, -0.15) is 0 Å². The van der Waals surface area contributed by atoms with Gasteiger partial charge in [-0.1, -0.05) is 17.7 Å². The van der Waals surface area contributed by atoms with E-state index in [0.717, 1.165) is 19.5 Å². The molecule has 2 aliphatic heterocycles. The molecule has 0 spiro atoms. The summed E-state index contributed by atoms with van der Waals surface area (Å²) in [5.74, 6) is -1.49. The molecule has 2 aliphatic rings. The minimum atomic E-state index is -0.621. The molecule has 1 fully saturated rings. The first kappa shape index (κ1) is 22.8. The Morgan fingerprint density at radius 3 is 2.72 bits per heavy atom. The largest absolute Gasteiger partial charge is 0.466 e. The van der Waals surface area contributed by atoms with Crippen LogP contribution in [0, 0.1) is 5.92 Å².